The Hall–Kier alpha value is -3.73. The first-order chi connectivity index (χ1) is 16.2. The van der Waals surface area contributed by atoms with E-state index in [-0.39, 0.29) is 6.61 Å². The van der Waals surface area contributed by atoms with Crippen molar-refractivity contribution in [3.63, 3.8) is 0 Å². The van der Waals surface area contributed by atoms with E-state index >= 15 is 0 Å². The van der Waals surface area contributed by atoms with Gasteiger partial charge < -0.3 is 29.0 Å². The molecule has 1 aromatic heterocycles. The van der Waals surface area contributed by atoms with Gasteiger partial charge >= 0.3 is 17.9 Å². The van der Waals surface area contributed by atoms with Crippen LogP contribution in [0, 0.1) is 0 Å². The predicted octanol–water partition coefficient (Wildman–Crippen LogP) is 1.27. The molecule has 0 aliphatic carbocycles. The van der Waals surface area contributed by atoms with Crippen molar-refractivity contribution < 1.29 is 42.9 Å². The Morgan fingerprint density at radius 3 is 2.26 bits per heavy atom. The predicted molar refractivity (Wildman–Crippen MR) is 116 cm³/mol. The number of esters is 3. The third kappa shape index (κ3) is 6.19. The van der Waals surface area contributed by atoms with Gasteiger partial charge in [-0.2, -0.15) is 0 Å². The van der Waals surface area contributed by atoms with Gasteiger partial charge in [0.2, 0.25) is 12.2 Å². The molecule has 1 fully saturated rings. The molecule has 0 radical (unpaired) electrons. The number of amides is 1. The van der Waals surface area contributed by atoms with Crippen molar-refractivity contribution >= 4 is 34.7 Å². The lowest BCUT2D eigenvalue weighted by Gasteiger charge is -2.44. The maximum Gasteiger partial charge on any atom is 0.303 e. The Labute approximate surface area is 195 Å². The van der Waals surface area contributed by atoms with E-state index in [1.54, 1.807) is 24.4 Å². The summed E-state index contributed by atoms with van der Waals surface area (Å²) in [6.45, 7) is 4.52. The minimum Gasteiger partial charge on any atom is -0.463 e. The number of hydrogen-bond donors (Lipinski definition) is 1. The van der Waals surface area contributed by atoms with Gasteiger partial charge in [0.25, 0.3) is 0 Å². The maximum absolute atomic E-state index is 12.0. The highest BCUT2D eigenvalue weighted by atomic mass is 16.7. The van der Waals surface area contributed by atoms with E-state index in [9.17, 15) is 19.2 Å². The molecule has 0 saturated carbocycles. The molecule has 2 heterocycles. The smallest absolute Gasteiger partial charge is 0.303 e. The number of aromatic nitrogens is 1. The first-order valence-corrected chi connectivity index (χ1v) is 10.6. The molecular weight excluding hydrogens is 448 g/mol. The summed E-state index contributed by atoms with van der Waals surface area (Å²) < 4.78 is 28.1. The van der Waals surface area contributed by atoms with E-state index in [0.29, 0.717) is 11.3 Å². The van der Waals surface area contributed by atoms with Crippen molar-refractivity contribution in [2.24, 2.45) is 0 Å². The minimum atomic E-state index is -1.21. The monoisotopic (exact) mass is 474 g/mol. The standard InChI is InChI=1S/C23H26N2O9/c1-12(26)25-20-22(32-15(4)29)21(31-14(3)28)18(11-30-13(2)27)34-23(20)33-17-9-5-7-16-8-6-10-24-19(16)17/h5-10,18,20-23H,11H2,1-4H3,(H,25,26)/t18-,20-,21-,22-,23-/m1/s1. The van der Waals surface area contributed by atoms with Gasteiger partial charge in [-0.05, 0) is 12.1 Å². The van der Waals surface area contributed by atoms with E-state index in [2.05, 4.69) is 10.3 Å². The van der Waals surface area contributed by atoms with Crippen molar-refractivity contribution in [3.8, 4) is 5.75 Å². The van der Waals surface area contributed by atoms with Crippen molar-refractivity contribution in [2.75, 3.05) is 6.61 Å². The number of hydrogen-bond acceptors (Lipinski definition) is 10. The van der Waals surface area contributed by atoms with Crippen LogP contribution in [0.5, 0.6) is 5.75 Å². The van der Waals surface area contributed by atoms with Crippen LogP contribution in [-0.2, 0) is 38.1 Å². The number of benzene rings is 1. The summed E-state index contributed by atoms with van der Waals surface area (Å²) in [5.41, 5.74) is 0.540. The molecule has 1 aliphatic rings. The number of carbonyl (C=O) groups excluding carboxylic acids is 4. The first kappa shape index (κ1) is 24.9. The summed E-state index contributed by atoms with van der Waals surface area (Å²) in [6.07, 6.45) is -3.07. The number of pyridine rings is 1. The van der Waals surface area contributed by atoms with Gasteiger partial charge in [-0.25, -0.2) is 0 Å². The molecule has 1 amide bonds. The number of para-hydroxylation sites is 1. The van der Waals surface area contributed by atoms with E-state index in [0.717, 1.165) is 5.39 Å². The molecule has 0 spiro atoms. The molecule has 34 heavy (non-hydrogen) atoms. The number of fused-ring (bicyclic) bond motifs is 1. The molecule has 1 aliphatic heterocycles. The van der Waals surface area contributed by atoms with E-state index in [1.165, 1.54) is 27.7 Å². The van der Waals surface area contributed by atoms with Gasteiger partial charge in [0.1, 0.15) is 30.0 Å². The van der Waals surface area contributed by atoms with E-state index in [1.807, 2.05) is 12.1 Å². The summed E-state index contributed by atoms with van der Waals surface area (Å²) >= 11 is 0. The van der Waals surface area contributed by atoms with Crippen LogP contribution in [0.2, 0.25) is 0 Å². The minimum absolute atomic E-state index is 0.314. The lowest BCUT2D eigenvalue weighted by Crippen LogP contribution is -2.67. The quantitative estimate of drug-likeness (QED) is 0.461. The normalized spacial score (nSPS) is 24.1. The Balaban J connectivity index is 2.03. The third-order valence-electron chi connectivity index (χ3n) is 4.91. The van der Waals surface area contributed by atoms with Crippen LogP contribution in [-0.4, -0.2) is 66.0 Å². The summed E-state index contributed by atoms with van der Waals surface area (Å²) in [5, 5.41) is 3.46. The number of nitrogens with one attached hydrogen (secondary N) is 1. The molecule has 11 nitrogen and oxygen atoms in total. The van der Waals surface area contributed by atoms with Gasteiger partial charge in [0, 0.05) is 39.3 Å². The largest absolute Gasteiger partial charge is 0.463 e. The zero-order chi connectivity index (χ0) is 24.8. The molecule has 5 atom stereocenters. The SMILES string of the molecule is CC(=O)N[C@H]1[C@H](Oc2cccc3cccnc23)O[C@H](COC(C)=O)[C@@H](OC(C)=O)[C@@H]1OC(C)=O. The second kappa shape index (κ2) is 10.9. The van der Waals surface area contributed by atoms with Crippen molar-refractivity contribution in [2.45, 2.75) is 58.3 Å². The molecule has 0 bridgehead atoms. The van der Waals surface area contributed by atoms with Gasteiger partial charge in [0.05, 0.1) is 0 Å². The second-order valence-electron chi connectivity index (χ2n) is 7.67. The van der Waals surface area contributed by atoms with Crippen LogP contribution in [0.1, 0.15) is 27.7 Å². The van der Waals surface area contributed by atoms with E-state index in [4.69, 9.17) is 23.7 Å². The number of ether oxygens (including phenoxy) is 5. The van der Waals surface area contributed by atoms with Crippen molar-refractivity contribution in [3.05, 3.63) is 36.5 Å². The van der Waals surface area contributed by atoms with Crippen LogP contribution in [0.4, 0.5) is 0 Å². The van der Waals surface area contributed by atoms with Gasteiger partial charge in [-0.3, -0.25) is 24.2 Å². The summed E-state index contributed by atoms with van der Waals surface area (Å²) in [5.74, 6) is -2.07. The molecule has 2 aromatic rings. The lowest BCUT2D eigenvalue weighted by molar-refractivity contribution is -0.257. The Morgan fingerprint density at radius 1 is 0.941 bits per heavy atom. The van der Waals surface area contributed by atoms with Gasteiger partial charge in [-0.15, -0.1) is 0 Å². The van der Waals surface area contributed by atoms with Crippen molar-refractivity contribution in [1.29, 1.82) is 0 Å². The highest BCUT2D eigenvalue weighted by Gasteiger charge is 2.52. The highest BCUT2D eigenvalue weighted by Crippen LogP contribution is 2.31. The average molecular weight is 474 g/mol. The van der Waals surface area contributed by atoms with Crippen LogP contribution in [0.3, 0.4) is 0 Å². The molecule has 182 valence electrons. The average Bonchev–Trinajstić information content (AvgIpc) is 2.75. The van der Waals surface area contributed by atoms with Crippen LogP contribution >= 0.6 is 0 Å². The van der Waals surface area contributed by atoms with E-state index < -0.39 is 54.5 Å². The highest BCUT2D eigenvalue weighted by molar-refractivity contribution is 5.84. The Bertz CT molecular complexity index is 1070. The molecule has 0 unspecified atom stereocenters. The molecular formula is C23H26N2O9. The fourth-order valence-corrected chi connectivity index (χ4v) is 3.69. The Morgan fingerprint density at radius 2 is 1.62 bits per heavy atom. The molecule has 1 aromatic carbocycles. The lowest BCUT2D eigenvalue weighted by atomic mass is 9.96. The molecule has 3 rings (SSSR count). The number of carbonyl (C=O) groups is 4. The second-order valence-corrected chi connectivity index (χ2v) is 7.67. The van der Waals surface area contributed by atoms with Crippen LogP contribution in [0.25, 0.3) is 10.9 Å². The zero-order valence-corrected chi connectivity index (χ0v) is 19.2. The Kier molecular flexibility index (Phi) is 8.00. The summed E-state index contributed by atoms with van der Waals surface area (Å²) in [6, 6.07) is 7.84. The first-order valence-electron chi connectivity index (χ1n) is 10.6. The molecule has 11 heteroatoms. The van der Waals surface area contributed by atoms with Gasteiger partial charge in [0.15, 0.2) is 12.2 Å². The maximum atomic E-state index is 12.0. The summed E-state index contributed by atoms with van der Waals surface area (Å²) in [4.78, 5) is 51.6. The summed E-state index contributed by atoms with van der Waals surface area (Å²) in [7, 11) is 0. The molecule has 1 saturated heterocycles. The van der Waals surface area contributed by atoms with Crippen molar-refractivity contribution in [1.82, 2.24) is 10.3 Å². The van der Waals surface area contributed by atoms with Crippen LogP contribution < -0.4 is 10.1 Å². The van der Waals surface area contributed by atoms with Crippen LogP contribution in [0.15, 0.2) is 36.5 Å². The number of rotatable bonds is 7. The number of nitrogens with zero attached hydrogens (tertiary/aromatic N) is 1. The van der Waals surface area contributed by atoms with Gasteiger partial charge in [-0.1, -0.05) is 18.2 Å². The fourth-order valence-electron chi connectivity index (χ4n) is 3.69. The molecule has 1 N–H and O–H groups in total. The third-order valence-corrected chi connectivity index (χ3v) is 4.91. The fraction of sp³-hybridized carbons (Fsp3) is 0.435. The zero-order valence-electron chi connectivity index (χ0n) is 19.2. The topological polar surface area (TPSA) is 139 Å².